The second-order valence-electron chi connectivity index (χ2n) is 6.73. The van der Waals surface area contributed by atoms with E-state index in [0.717, 1.165) is 32.6 Å². The van der Waals surface area contributed by atoms with Crippen molar-refractivity contribution in [3.05, 3.63) is 0 Å². The molecule has 4 fully saturated rings. The third kappa shape index (κ3) is 0.992. The third-order valence-electron chi connectivity index (χ3n) is 5.29. The standard InChI is InChI=1S/C13H22N2O/c1-5-13(4)14-6-11(2)7-15(13)9-12(3,8-14)10(11)16/h5-9H2,1-4H3. The Hall–Kier alpha value is -0.410. The molecule has 4 aliphatic heterocycles. The molecule has 4 bridgehead atoms. The minimum Gasteiger partial charge on any atom is -0.298 e. The minimum absolute atomic E-state index is 0.111. The van der Waals surface area contributed by atoms with Crippen molar-refractivity contribution in [1.82, 2.24) is 9.80 Å². The summed E-state index contributed by atoms with van der Waals surface area (Å²) in [5.74, 6) is 0.505. The Balaban J connectivity index is 2.07. The predicted octanol–water partition coefficient (Wildman–Crippen LogP) is 1.34. The van der Waals surface area contributed by atoms with Gasteiger partial charge in [0.15, 0.2) is 0 Å². The Morgan fingerprint density at radius 1 is 1.00 bits per heavy atom. The third-order valence-corrected chi connectivity index (χ3v) is 5.29. The Morgan fingerprint density at radius 2 is 1.38 bits per heavy atom. The van der Waals surface area contributed by atoms with E-state index in [2.05, 4.69) is 37.5 Å². The first-order valence-corrected chi connectivity index (χ1v) is 6.39. The molecule has 4 rings (SSSR count). The maximum absolute atomic E-state index is 12.5. The number of hydrogen-bond donors (Lipinski definition) is 0. The molecule has 0 unspecified atom stereocenters. The summed E-state index contributed by atoms with van der Waals surface area (Å²) in [6.07, 6.45) is 1.15. The van der Waals surface area contributed by atoms with E-state index in [4.69, 9.17) is 0 Å². The fourth-order valence-electron chi connectivity index (χ4n) is 4.24. The normalized spacial score (nSPS) is 59.4. The number of nitrogens with zero attached hydrogens (tertiary/aromatic N) is 2. The van der Waals surface area contributed by atoms with Crippen molar-refractivity contribution in [2.45, 2.75) is 39.8 Å². The molecule has 4 heterocycles. The van der Waals surface area contributed by atoms with Gasteiger partial charge in [-0.15, -0.1) is 0 Å². The molecule has 16 heavy (non-hydrogen) atoms. The van der Waals surface area contributed by atoms with E-state index in [1.807, 2.05) is 0 Å². The monoisotopic (exact) mass is 222 g/mol. The number of rotatable bonds is 1. The van der Waals surface area contributed by atoms with E-state index in [0.29, 0.717) is 5.78 Å². The average Bonchev–Trinajstić information content (AvgIpc) is 2.20. The van der Waals surface area contributed by atoms with E-state index < -0.39 is 0 Å². The summed E-state index contributed by atoms with van der Waals surface area (Å²) in [5, 5.41) is 0. The minimum atomic E-state index is -0.111. The van der Waals surface area contributed by atoms with Crippen LogP contribution in [0.15, 0.2) is 0 Å². The average molecular weight is 222 g/mol. The van der Waals surface area contributed by atoms with Crippen LogP contribution in [0.4, 0.5) is 0 Å². The number of carbonyl (C=O) groups is 1. The lowest BCUT2D eigenvalue weighted by Crippen LogP contribution is -2.82. The van der Waals surface area contributed by atoms with Crippen LogP contribution in [0.5, 0.6) is 0 Å². The molecule has 0 saturated carbocycles. The van der Waals surface area contributed by atoms with Gasteiger partial charge in [-0.25, -0.2) is 0 Å². The smallest absolute Gasteiger partial charge is 0.149 e. The summed E-state index contributed by atoms with van der Waals surface area (Å²) in [7, 11) is 0. The van der Waals surface area contributed by atoms with Gasteiger partial charge in [-0.1, -0.05) is 20.8 Å². The van der Waals surface area contributed by atoms with Gasteiger partial charge in [-0.2, -0.15) is 0 Å². The fraction of sp³-hybridized carbons (Fsp3) is 0.923. The van der Waals surface area contributed by atoms with E-state index in [1.54, 1.807) is 0 Å². The molecular weight excluding hydrogens is 200 g/mol. The molecule has 0 spiro atoms. The highest BCUT2D eigenvalue weighted by Crippen LogP contribution is 2.51. The SMILES string of the molecule is CCC1(C)N2CC3(C)CN1CC(C)(C2)C3=O. The Kier molecular flexibility index (Phi) is 1.81. The summed E-state index contributed by atoms with van der Waals surface area (Å²) < 4.78 is 0. The van der Waals surface area contributed by atoms with Crippen molar-refractivity contribution in [3.63, 3.8) is 0 Å². The first-order valence-electron chi connectivity index (χ1n) is 6.39. The van der Waals surface area contributed by atoms with Gasteiger partial charge in [-0.3, -0.25) is 14.6 Å². The topological polar surface area (TPSA) is 23.6 Å². The maximum atomic E-state index is 12.5. The highest BCUT2D eigenvalue weighted by Gasteiger charge is 2.64. The highest BCUT2D eigenvalue weighted by molar-refractivity contribution is 5.92. The van der Waals surface area contributed by atoms with Crippen molar-refractivity contribution in [1.29, 1.82) is 0 Å². The van der Waals surface area contributed by atoms with Crippen LogP contribution in [0.1, 0.15) is 34.1 Å². The number of piperidine rings is 2. The summed E-state index contributed by atoms with van der Waals surface area (Å²) in [5.41, 5.74) is -0.0282. The van der Waals surface area contributed by atoms with Crippen molar-refractivity contribution < 1.29 is 4.79 Å². The molecule has 3 nitrogen and oxygen atoms in total. The van der Waals surface area contributed by atoms with Gasteiger partial charge in [0.05, 0.1) is 16.5 Å². The lowest BCUT2D eigenvalue weighted by Gasteiger charge is -2.69. The van der Waals surface area contributed by atoms with Gasteiger partial charge in [0.25, 0.3) is 0 Å². The van der Waals surface area contributed by atoms with Crippen LogP contribution in [0.3, 0.4) is 0 Å². The number of carbonyl (C=O) groups excluding carboxylic acids is 1. The zero-order chi connectivity index (χ0) is 11.8. The molecule has 4 aliphatic rings. The largest absolute Gasteiger partial charge is 0.298 e. The zero-order valence-electron chi connectivity index (χ0n) is 10.8. The molecule has 0 aromatic rings. The Bertz CT molecular complexity index is 323. The molecule has 90 valence electrons. The van der Waals surface area contributed by atoms with E-state index >= 15 is 0 Å². The number of Topliss-reactive ketones (excluding diaryl/α,β-unsaturated/α-hetero) is 1. The van der Waals surface area contributed by atoms with Crippen LogP contribution < -0.4 is 0 Å². The van der Waals surface area contributed by atoms with Gasteiger partial charge in [0.1, 0.15) is 5.78 Å². The molecule has 4 saturated heterocycles. The van der Waals surface area contributed by atoms with Crippen molar-refractivity contribution >= 4 is 5.78 Å². The van der Waals surface area contributed by atoms with Gasteiger partial charge in [0, 0.05) is 26.2 Å². The van der Waals surface area contributed by atoms with E-state index in [9.17, 15) is 4.79 Å². The van der Waals surface area contributed by atoms with Crippen molar-refractivity contribution in [2.24, 2.45) is 10.8 Å². The summed E-state index contributed by atoms with van der Waals surface area (Å²) >= 11 is 0. The highest BCUT2D eigenvalue weighted by atomic mass is 16.1. The molecule has 0 radical (unpaired) electrons. The van der Waals surface area contributed by atoms with Crippen LogP contribution >= 0.6 is 0 Å². The molecule has 0 aromatic heterocycles. The Labute approximate surface area is 97.8 Å². The van der Waals surface area contributed by atoms with Crippen LogP contribution in [0.25, 0.3) is 0 Å². The molecule has 0 N–H and O–H groups in total. The van der Waals surface area contributed by atoms with Crippen LogP contribution in [-0.2, 0) is 4.79 Å². The number of ketones is 1. The molecule has 0 amide bonds. The van der Waals surface area contributed by atoms with Gasteiger partial charge < -0.3 is 0 Å². The van der Waals surface area contributed by atoms with Gasteiger partial charge in [0.2, 0.25) is 0 Å². The van der Waals surface area contributed by atoms with Crippen LogP contribution in [-0.4, -0.2) is 47.4 Å². The second kappa shape index (κ2) is 2.70. The molecule has 0 aromatic carbocycles. The summed E-state index contributed by atoms with van der Waals surface area (Å²) in [6.45, 7) is 12.7. The van der Waals surface area contributed by atoms with Gasteiger partial charge in [-0.05, 0) is 13.3 Å². The molecule has 0 aliphatic carbocycles. The van der Waals surface area contributed by atoms with Gasteiger partial charge >= 0.3 is 0 Å². The zero-order valence-corrected chi connectivity index (χ0v) is 10.8. The van der Waals surface area contributed by atoms with E-state index in [1.165, 1.54) is 0 Å². The maximum Gasteiger partial charge on any atom is 0.149 e. The first kappa shape index (κ1) is 10.7. The lowest BCUT2D eigenvalue weighted by atomic mass is 9.60. The lowest BCUT2D eigenvalue weighted by molar-refractivity contribution is -0.225. The van der Waals surface area contributed by atoms with E-state index in [-0.39, 0.29) is 16.5 Å². The van der Waals surface area contributed by atoms with Crippen LogP contribution in [0, 0.1) is 10.8 Å². The molecule has 0 atom stereocenters. The van der Waals surface area contributed by atoms with Crippen molar-refractivity contribution in [3.8, 4) is 0 Å². The summed E-state index contributed by atoms with van der Waals surface area (Å²) in [6, 6.07) is 0. The predicted molar refractivity (Wildman–Crippen MR) is 63.1 cm³/mol. The molecular formula is C13H22N2O. The quantitative estimate of drug-likeness (QED) is 0.669. The summed E-state index contributed by atoms with van der Waals surface area (Å²) in [4.78, 5) is 17.5. The first-order chi connectivity index (χ1) is 7.34. The fourth-order valence-corrected chi connectivity index (χ4v) is 4.24. The molecule has 3 heteroatoms. The second-order valence-corrected chi connectivity index (χ2v) is 6.73. The Morgan fingerprint density at radius 3 is 1.69 bits per heavy atom. The number of hydrogen-bond acceptors (Lipinski definition) is 3. The van der Waals surface area contributed by atoms with Crippen molar-refractivity contribution in [2.75, 3.05) is 26.2 Å². The van der Waals surface area contributed by atoms with Crippen LogP contribution in [0.2, 0.25) is 0 Å².